The lowest BCUT2D eigenvalue weighted by molar-refractivity contribution is 0.136. The van der Waals surface area contributed by atoms with Gasteiger partial charge in [0.15, 0.2) is 0 Å². The average molecular weight is 256 g/mol. The normalized spacial score (nSPS) is 11.6. The molecule has 0 bridgehead atoms. The second kappa shape index (κ2) is 6.54. The third-order valence-electron chi connectivity index (χ3n) is 2.68. The first-order valence-electron chi connectivity index (χ1n) is 6.14. The van der Waals surface area contributed by atoms with Crippen LogP contribution in [0.1, 0.15) is 24.2 Å². The van der Waals surface area contributed by atoms with Gasteiger partial charge < -0.3 is 10.1 Å². The number of nitrogens with one attached hydrogen (secondary N) is 1. The van der Waals surface area contributed by atoms with Crippen LogP contribution in [0, 0.1) is 0 Å². The summed E-state index contributed by atoms with van der Waals surface area (Å²) in [7, 11) is 0. The van der Waals surface area contributed by atoms with Gasteiger partial charge in [-0.2, -0.15) is 0 Å². The van der Waals surface area contributed by atoms with Gasteiger partial charge in [-0.1, -0.05) is 36.4 Å². The second-order valence-corrected chi connectivity index (χ2v) is 4.18. The topological polar surface area (TPSA) is 51.2 Å². The Kier molecular flexibility index (Phi) is 4.50. The molecule has 0 radical (unpaired) electrons. The molecule has 1 heterocycles. The molecule has 1 aromatic heterocycles. The molecule has 1 atom stereocenters. The summed E-state index contributed by atoms with van der Waals surface area (Å²) in [4.78, 5) is 15.8. The summed E-state index contributed by atoms with van der Waals surface area (Å²) in [6.07, 6.45) is 1.25. The van der Waals surface area contributed by atoms with E-state index in [1.807, 2.05) is 55.5 Å². The van der Waals surface area contributed by atoms with Gasteiger partial charge in [-0.15, -0.1) is 0 Å². The molecular formula is C15H16N2O2. The Balaban J connectivity index is 1.82. The Bertz CT molecular complexity index is 514. The molecule has 1 amide bonds. The number of amides is 1. The van der Waals surface area contributed by atoms with Crippen LogP contribution in [0.3, 0.4) is 0 Å². The number of ether oxygens (including phenoxy) is 1. The van der Waals surface area contributed by atoms with Gasteiger partial charge in [-0.3, -0.25) is 4.98 Å². The fourth-order valence-electron chi connectivity index (χ4n) is 1.65. The van der Waals surface area contributed by atoms with Gasteiger partial charge in [0.2, 0.25) is 0 Å². The Labute approximate surface area is 112 Å². The van der Waals surface area contributed by atoms with E-state index in [9.17, 15) is 4.79 Å². The Hall–Kier alpha value is -2.36. The Morgan fingerprint density at radius 2 is 1.95 bits per heavy atom. The van der Waals surface area contributed by atoms with Crippen molar-refractivity contribution >= 4 is 6.09 Å². The van der Waals surface area contributed by atoms with Crippen molar-refractivity contribution in [1.29, 1.82) is 0 Å². The molecule has 1 aromatic carbocycles. The number of alkyl carbamates (subject to hydrolysis) is 1. The van der Waals surface area contributed by atoms with Gasteiger partial charge in [0.05, 0.1) is 11.7 Å². The van der Waals surface area contributed by atoms with Crippen LogP contribution in [0.4, 0.5) is 4.79 Å². The Morgan fingerprint density at radius 1 is 1.21 bits per heavy atom. The number of aromatic nitrogens is 1. The minimum atomic E-state index is -0.443. The molecule has 0 fully saturated rings. The molecule has 4 nitrogen and oxygen atoms in total. The molecule has 0 saturated carbocycles. The molecule has 0 spiro atoms. The van der Waals surface area contributed by atoms with Crippen molar-refractivity contribution in [1.82, 2.24) is 10.3 Å². The molecule has 4 heteroatoms. The second-order valence-electron chi connectivity index (χ2n) is 4.18. The zero-order valence-corrected chi connectivity index (χ0v) is 10.7. The number of hydrogen-bond acceptors (Lipinski definition) is 3. The van der Waals surface area contributed by atoms with Crippen LogP contribution in [0.25, 0.3) is 0 Å². The van der Waals surface area contributed by atoms with Crippen molar-refractivity contribution in [2.24, 2.45) is 0 Å². The maximum atomic E-state index is 11.6. The highest BCUT2D eigenvalue weighted by atomic mass is 16.5. The van der Waals surface area contributed by atoms with Crippen molar-refractivity contribution < 1.29 is 9.53 Å². The molecular weight excluding hydrogens is 240 g/mol. The molecule has 2 aromatic rings. The number of rotatable bonds is 4. The molecule has 1 N–H and O–H groups in total. The highest BCUT2D eigenvalue weighted by Crippen LogP contribution is 2.08. The van der Waals surface area contributed by atoms with E-state index in [0.717, 1.165) is 11.3 Å². The summed E-state index contributed by atoms with van der Waals surface area (Å²) < 4.78 is 5.14. The monoisotopic (exact) mass is 256 g/mol. The van der Waals surface area contributed by atoms with E-state index >= 15 is 0 Å². The maximum absolute atomic E-state index is 11.6. The number of carbonyl (C=O) groups excluding carboxylic acids is 1. The smallest absolute Gasteiger partial charge is 0.407 e. The predicted molar refractivity (Wildman–Crippen MR) is 72.4 cm³/mol. The SMILES string of the molecule is CC(NC(=O)OCc1ccccc1)c1ccccn1. The number of carbonyl (C=O) groups is 1. The van der Waals surface area contributed by atoms with Gasteiger partial charge in [-0.25, -0.2) is 4.79 Å². The molecule has 0 saturated heterocycles. The van der Waals surface area contributed by atoms with Gasteiger partial charge in [-0.05, 0) is 24.6 Å². The lowest BCUT2D eigenvalue weighted by Crippen LogP contribution is -2.27. The number of nitrogens with zero attached hydrogens (tertiary/aromatic N) is 1. The summed E-state index contributed by atoms with van der Waals surface area (Å²) in [5, 5.41) is 2.74. The van der Waals surface area contributed by atoms with Crippen molar-refractivity contribution in [3.8, 4) is 0 Å². The van der Waals surface area contributed by atoms with Gasteiger partial charge in [0.1, 0.15) is 6.61 Å². The molecule has 0 aliphatic carbocycles. The van der Waals surface area contributed by atoms with E-state index < -0.39 is 6.09 Å². The highest BCUT2D eigenvalue weighted by molar-refractivity contribution is 5.67. The van der Waals surface area contributed by atoms with Crippen LogP contribution in [-0.2, 0) is 11.3 Å². The molecule has 19 heavy (non-hydrogen) atoms. The lowest BCUT2D eigenvalue weighted by Gasteiger charge is -2.13. The number of pyridine rings is 1. The van der Waals surface area contributed by atoms with Crippen LogP contribution >= 0.6 is 0 Å². The van der Waals surface area contributed by atoms with E-state index in [0.29, 0.717) is 0 Å². The van der Waals surface area contributed by atoms with Crippen LogP contribution in [0.5, 0.6) is 0 Å². The van der Waals surface area contributed by atoms with Gasteiger partial charge in [0, 0.05) is 6.20 Å². The first-order valence-corrected chi connectivity index (χ1v) is 6.14. The largest absolute Gasteiger partial charge is 0.445 e. The highest BCUT2D eigenvalue weighted by Gasteiger charge is 2.10. The molecule has 2 rings (SSSR count). The van der Waals surface area contributed by atoms with Gasteiger partial charge in [0.25, 0.3) is 0 Å². The quantitative estimate of drug-likeness (QED) is 0.914. The summed E-state index contributed by atoms with van der Waals surface area (Å²) in [5.41, 5.74) is 1.77. The zero-order valence-electron chi connectivity index (χ0n) is 10.7. The summed E-state index contributed by atoms with van der Waals surface area (Å²) >= 11 is 0. The van der Waals surface area contributed by atoms with E-state index in [1.165, 1.54) is 0 Å². The first-order chi connectivity index (χ1) is 9.25. The third kappa shape index (κ3) is 4.10. The Morgan fingerprint density at radius 3 is 2.63 bits per heavy atom. The predicted octanol–water partition coefficient (Wildman–Crippen LogP) is 3.07. The van der Waals surface area contributed by atoms with E-state index in [-0.39, 0.29) is 12.6 Å². The van der Waals surface area contributed by atoms with Crippen molar-refractivity contribution in [3.05, 3.63) is 66.0 Å². The fraction of sp³-hybridized carbons (Fsp3) is 0.200. The van der Waals surface area contributed by atoms with E-state index in [4.69, 9.17) is 4.74 Å². The fourth-order valence-corrected chi connectivity index (χ4v) is 1.65. The molecule has 0 aliphatic rings. The summed E-state index contributed by atoms with van der Waals surface area (Å²) in [5.74, 6) is 0. The standard InChI is InChI=1S/C15H16N2O2/c1-12(14-9-5-6-10-16-14)17-15(18)19-11-13-7-3-2-4-8-13/h2-10,12H,11H2,1H3,(H,17,18). The summed E-state index contributed by atoms with van der Waals surface area (Å²) in [6, 6.07) is 15.0. The minimum absolute atomic E-state index is 0.176. The summed E-state index contributed by atoms with van der Waals surface area (Å²) in [6.45, 7) is 2.13. The van der Waals surface area contributed by atoms with Crippen LogP contribution in [-0.4, -0.2) is 11.1 Å². The minimum Gasteiger partial charge on any atom is -0.445 e. The zero-order chi connectivity index (χ0) is 13.5. The van der Waals surface area contributed by atoms with Crippen molar-refractivity contribution in [2.45, 2.75) is 19.6 Å². The third-order valence-corrected chi connectivity index (χ3v) is 2.68. The molecule has 1 unspecified atom stereocenters. The van der Waals surface area contributed by atoms with Gasteiger partial charge >= 0.3 is 6.09 Å². The van der Waals surface area contributed by atoms with E-state index in [2.05, 4.69) is 10.3 Å². The number of benzene rings is 1. The van der Waals surface area contributed by atoms with Crippen LogP contribution in [0.2, 0.25) is 0 Å². The van der Waals surface area contributed by atoms with Crippen molar-refractivity contribution in [2.75, 3.05) is 0 Å². The molecule has 98 valence electrons. The van der Waals surface area contributed by atoms with E-state index in [1.54, 1.807) is 6.20 Å². The maximum Gasteiger partial charge on any atom is 0.407 e. The molecule has 0 aliphatic heterocycles. The van der Waals surface area contributed by atoms with Crippen LogP contribution in [0.15, 0.2) is 54.7 Å². The van der Waals surface area contributed by atoms with Crippen LogP contribution < -0.4 is 5.32 Å². The number of hydrogen-bond donors (Lipinski definition) is 1. The first kappa shape index (κ1) is 13.1. The average Bonchev–Trinajstić information content (AvgIpc) is 2.47. The lowest BCUT2D eigenvalue weighted by atomic mass is 10.2. The van der Waals surface area contributed by atoms with Crippen molar-refractivity contribution in [3.63, 3.8) is 0 Å².